The summed E-state index contributed by atoms with van der Waals surface area (Å²) < 4.78 is 0. The molecule has 1 rings (SSSR count). The van der Waals surface area contributed by atoms with E-state index in [0.717, 1.165) is 18.2 Å². The number of hydrogen-bond donors (Lipinski definition) is 1. The van der Waals surface area contributed by atoms with Crippen LogP contribution >= 0.6 is 23.2 Å². The van der Waals surface area contributed by atoms with E-state index in [9.17, 15) is 10.1 Å². The highest BCUT2D eigenvalue weighted by Crippen LogP contribution is 2.20. The SMILES string of the molecule is CCCN/C(=C\[N+](=O)[O-])Cc1cnc(Cl)c(Cl)c1. The number of hydrogen-bond acceptors (Lipinski definition) is 4. The van der Waals surface area contributed by atoms with Gasteiger partial charge in [0, 0.05) is 19.2 Å². The predicted molar refractivity (Wildman–Crippen MR) is 71.3 cm³/mol. The average Bonchev–Trinajstić information content (AvgIpc) is 2.30. The molecule has 0 saturated carbocycles. The van der Waals surface area contributed by atoms with E-state index >= 15 is 0 Å². The first-order chi connectivity index (χ1) is 8.52. The summed E-state index contributed by atoms with van der Waals surface area (Å²) in [4.78, 5) is 13.9. The summed E-state index contributed by atoms with van der Waals surface area (Å²) in [5, 5.41) is 14.1. The number of nitrogens with one attached hydrogen (secondary N) is 1. The van der Waals surface area contributed by atoms with Gasteiger partial charge in [-0.2, -0.15) is 0 Å². The van der Waals surface area contributed by atoms with Gasteiger partial charge >= 0.3 is 0 Å². The van der Waals surface area contributed by atoms with E-state index in [4.69, 9.17) is 23.2 Å². The molecule has 0 atom stereocenters. The van der Waals surface area contributed by atoms with Gasteiger partial charge in [-0.1, -0.05) is 30.1 Å². The van der Waals surface area contributed by atoms with Crippen LogP contribution in [0.1, 0.15) is 18.9 Å². The summed E-state index contributed by atoms with van der Waals surface area (Å²) in [5.41, 5.74) is 1.28. The second-order valence-electron chi connectivity index (χ2n) is 3.66. The third-order valence-electron chi connectivity index (χ3n) is 2.11. The lowest BCUT2D eigenvalue weighted by atomic mass is 10.1. The molecule has 0 fully saturated rings. The first-order valence-corrected chi connectivity index (χ1v) is 6.16. The maximum Gasteiger partial charge on any atom is 0.253 e. The van der Waals surface area contributed by atoms with Crippen molar-refractivity contribution >= 4 is 23.2 Å². The Labute approximate surface area is 115 Å². The van der Waals surface area contributed by atoms with Crippen LogP contribution in [0.5, 0.6) is 0 Å². The lowest BCUT2D eigenvalue weighted by Crippen LogP contribution is -2.17. The van der Waals surface area contributed by atoms with E-state index in [2.05, 4.69) is 10.3 Å². The summed E-state index contributed by atoms with van der Waals surface area (Å²) in [6.45, 7) is 2.66. The van der Waals surface area contributed by atoms with Crippen molar-refractivity contribution in [3.8, 4) is 0 Å². The third kappa shape index (κ3) is 4.89. The molecule has 0 aliphatic heterocycles. The Morgan fingerprint density at radius 3 is 2.89 bits per heavy atom. The molecule has 0 bridgehead atoms. The van der Waals surface area contributed by atoms with E-state index in [1.807, 2.05) is 6.92 Å². The van der Waals surface area contributed by atoms with Crippen LogP contribution in [0, 0.1) is 10.1 Å². The molecule has 98 valence electrons. The van der Waals surface area contributed by atoms with Gasteiger partial charge in [0.05, 0.1) is 15.6 Å². The van der Waals surface area contributed by atoms with E-state index in [0.29, 0.717) is 23.7 Å². The number of pyridine rings is 1. The van der Waals surface area contributed by atoms with Crippen molar-refractivity contribution in [2.45, 2.75) is 19.8 Å². The van der Waals surface area contributed by atoms with Gasteiger partial charge in [0.15, 0.2) is 0 Å². The number of halogens is 2. The lowest BCUT2D eigenvalue weighted by Gasteiger charge is -2.08. The quantitative estimate of drug-likeness (QED) is 0.496. The van der Waals surface area contributed by atoms with Crippen molar-refractivity contribution < 1.29 is 4.92 Å². The lowest BCUT2D eigenvalue weighted by molar-refractivity contribution is -0.403. The van der Waals surface area contributed by atoms with Crippen LogP contribution in [0.25, 0.3) is 0 Å². The van der Waals surface area contributed by atoms with E-state index in [-0.39, 0.29) is 5.15 Å². The molecule has 0 aromatic carbocycles. The molecule has 7 heteroatoms. The van der Waals surface area contributed by atoms with E-state index in [1.54, 1.807) is 12.3 Å². The van der Waals surface area contributed by atoms with Crippen molar-refractivity contribution in [2.75, 3.05) is 6.54 Å². The highest BCUT2D eigenvalue weighted by Gasteiger charge is 2.07. The Bertz CT molecular complexity index is 464. The Kier molecular flexibility index (Phi) is 5.88. The molecule has 1 aromatic rings. The number of aromatic nitrogens is 1. The zero-order valence-electron chi connectivity index (χ0n) is 9.82. The summed E-state index contributed by atoms with van der Waals surface area (Å²) in [7, 11) is 0. The number of rotatable bonds is 6. The van der Waals surface area contributed by atoms with Gasteiger partial charge in [0.2, 0.25) is 0 Å². The highest BCUT2D eigenvalue weighted by molar-refractivity contribution is 6.41. The summed E-state index contributed by atoms with van der Waals surface area (Å²) in [6.07, 6.45) is 3.76. The van der Waals surface area contributed by atoms with Gasteiger partial charge in [-0.05, 0) is 18.1 Å². The fourth-order valence-electron chi connectivity index (χ4n) is 1.34. The molecule has 0 spiro atoms. The smallest absolute Gasteiger partial charge is 0.253 e. The Hall–Kier alpha value is -1.33. The molecule has 0 amide bonds. The van der Waals surface area contributed by atoms with Crippen LogP contribution in [0.4, 0.5) is 0 Å². The molecule has 18 heavy (non-hydrogen) atoms. The molecule has 5 nitrogen and oxygen atoms in total. The number of nitro groups is 1. The third-order valence-corrected chi connectivity index (χ3v) is 2.80. The van der Waals surface area contributed by atoms with Crippen molar-refractivity contribution in [1.29, 1.82) is 0 Å². The molecule has 1 aromatic heterocycles. The first-order valence-electron chi connectivity index (χ1n) is 5.41. The summed E-state index contributed by atoms with van der Waals surface area (Å²) in [6, 6.07) is 1.65. The molecule has 0 radical (unpaired) electrons. The Balaban J connectivity index is 2.82. The minimum Gasteiger partial charge on any atom is -0.383 e. The molecular weight excluding hydrogens is 277 g/mol. The maximum atomic E-state index is 10.5. The highest BCUT2D eigenvalue weighted by atomic mass is 35.5. The van der Waals surface area contributed by atoms with Crippen molar-refractivity contribution in [1.82, 2.24) is 10.3 Å². The largest absolute Gasteiger partial charge is 0.383 e. The summed E-state index contributed by atoms with van der Waals surface area (Å²) in [5.74, 6) is 0. The van der Waals surface area contributed by atoms with Gasteiger partial charge in [0.1, 0.15) is 5.15 Å². The molecule has 1 heterocycles. The molecular formula is C11H13Cl2N3O2. The fraction of sp³-hybridized carbons (Fsp3) is 0.364. The van der Waals surface area contributed by atoms with Crippen molar-refractivity contribution in [3.63, 3.8) is 0 Å². The molecule has 1 N–H and O–H groups in total. The normalized spacial score (nSPS) is 11.4. The van der Waals surface area contributed by atoms with Gasteiger partial charge in [-0.3, -0.25) is 10.1 Å². The van der Waals surface area contributed by atoms with Crippen LogP contribution in [-0.2, 0) is 6.42 Å². The standard InChI is InChI=1S/C11H13Cl2N3O2/c1-2-3-14-9(7-16(17)18)4-8-5-10(12)11(13)15-6-8/h5-7,14H,2-4H2,1H3/b9-7-. The second kappa shape index (κ2) is 7.18. The van der Waals surface area contributed by atoms with Crippen LogP contribution < -0.4 is 5.32 Å². The van der Waals surface area contributed by atoms with Crippen LogP contribution in [0.15, 0.2) is 24.2 Å². The van der Waals surface area contributed by atoms with Crippen LogP contribution in [0.2, 0.25) is 10.2 Å². The number of allylic oxidation sites excluding steroid dienone is 1. The molecule has 0 aliphatic rings. The number of nitrogens with zero attached hydrogens (tertiary/aromatic N) is 2. The Morgan fingerprint density at radius 1 is 1.61 bits per heavy atom. The van der Waals surface area contributed by atoms with Crippen LogP contribution in [-0.4, -0.2) is 16.5 Å². The zero-order valence-corrected chi connectivity index (χ0v) is 11.3. The summed E-state index contributed by atoms with van der Waals surface area (Å²) >= 11 is 11.5. The van der Waals surface area contributed by atoms with Gasteiger partial charge in [-0.25, -0.2) is 4.98 Å². The molecule has 0 unspecified atom stereocenters. The van der Waals surface area contributed by atoms with Gasteiger partial charge in [0.25, 0.3) is 6.20 Å². The predicted octanol–water partition coefficient (Wildman–Crippen LogP) is 3.05. The van der Waals surface area contributed by atoms with Crippen molar-refractivity contribution in [2.24, 2.45) is 0 Å². The topological polar surface area (TPSA) is 68.1 Å². The molecule has 0 saturated heterocycles. The minimum atomic E-state index is -0.483. The second-order valence-corrected chi connectivity index (χ2v) is 4.42. The van der Waals surface area contributed by atoms with Crippen LogP contribution in [0.3, 0.4) is 0 Å². The average molecular weight is 290 g/mol. The van der Waals surface area contributed by atoms with E-state index < -0.39 is 4.92 Å². The first kappa shape index (κ1) is 14.7. The maximum absolute atomic E-state index is 10.5. The minimum absolute atomic E-state index is 0.224. The van der Waals surface area contributed by atoms with Gasteiger partial charge < -0.3 is 5.32 Å². The van der Waals surface area contributed by atoms with E-state index in [1.165, 1.54) is 0 Å². The Morgan fingerprint density at radius 2 is 2.33 bits per heavy atom. The van der Waals surface area contributed by atoms with Crippen molar-refractivity contribution in [3.05, 3.63) is 50.0 Å². The van der Waals surface area contributed by atoms with Gasteiger partial charge in [-0.15, -0.1) is 0 Å². The zero-order chi connectivity index (χ0) is 13.5. The monoisotopic (exact) mass is 289 g/mol. The fourth-order valence-corrected chi connectivity index (χ4v) is 1.64. The molecule has 0 aliphatic carbocycles.